The second-order valence-electron chi connectivity index (χ2n) is 7.81. The van der Waals surface area contributed by atoms with E-state index in [-0.39, 0.29) is 30.6 Å². The maximum Gasteiger partial charge on any atom is 0.223 e. The van der Waals surface area contributed by atoms with E-state index in [4.69, 9.17) is 0 Å². The van der Waals surface area contributed by atoms with Crippen LogP contribution in [0.1, 0.15) is 65.1 Å². The summed E-state index contributed by atoms with van der Waals surface area (Å²) >= 11 is 1.61. The molecule has 1 amide bonds. The zero-order valence-electron chi connectivity index (χ0n) is 17.0. The summed E-state index contributed by atoms with van der Waals surface area (Å²) in [5, 5.41) is 0.920. The average Bonchev–Trinajstić information content (AvgIpc) is 3.20. The topological polar surface area (TPSA) is 50.3 Å². The van der Waals surface area contributed by atoms with E-state index in [1.807, 2.05) is 43.3 Å². The minimum atomic E-state index is -0.112. The van der Waals surface area contributed by atoms with Gasteiger partial charge in [-0.1, -0.05) is 24.3 Å². The summed E-state index contributed by atoms with van der Waals surface area (Å²) in [7, 11) is 1.79. The summed E-state index contributed by atoms with van der Waals surface area (Å²) in [4.78, 5) is 31.7. The maximum absolute atomic E-state index is 12.7. The van der Waals surface area contributed by atoms with E-state index in [0.29, 0.717) is 0 Å². The number of aryl methyl sites for hydroxylation is 2. The van der Waals surface area contributed by atoms with Gasteiger partial charge in [0.05, 0.1) is 16.3 Å². The Morgan fingerprint density at radius 1 is 1.07 bits per heavy atom. The highest BCUT2D eigenvalue weighted by atomic mass is 32.1. The zero-order chi connectivity index (χ0) is 20.4. The van der Waals surface area contributed by atoms with Crippen LogP contribution in [0.15, 0.2) is 42.5 Å². The van der Waals surface area contributed by atoms with Crippen LogP contribution in [0.25, 0.3) is 10.2 Å². The lowest BCUT2D eigenvalue weighted by Gasteiger charge is -2.23. The van der Waals surface area contributed by atoms with Crippen molar-refractivity contribution in [1.82, 2.24) is 9.88 Å². The van der Waals surface area contributed by atoms with Gasteiger partial charge in [-0.15, -0.1) is 11.3 Å². The largest absolute Gasteiger partial charge is 0.337 e. The summed E-state index contributed by atoms with van der Waals surface area (Å²) < 4.78 is 1.12. The van der Waals surface area contributed by atoms with Crippen LogP contribution in [0, 0.1) is 0 Å². The molecule has 0 N–H and O–H groups in total. The Bertz CT molecular complexity index is 1020. The lowest BCUT2D eigenvalue weighted by atomic mass is 9.89. The minimum absolute atomic E-state index is 0.0249. The van der Waals surface area contributed by atoms with Crippen molar-refractivity contribution < 1.29 is 9.59 Å². The minimum Gasteiger partial charge on any atom is -0.337 e. The van der Waals surface area contributed by atoms with Crippen LogP contribution in [-0.2, 0) is 17.6 Å². The number of carbonyl (C=O) groups excluding carboxylic acids is 2. The van der Waals surface area contributed by atoms with Gasteiger partial charge < -0.3 is 4.90 Å². The van der Waals surface area contributed by atoms with E-state index in [1.165, 1.54) is 24.0 Å². The fourth-order valence-corrected chi connectivity index (χ4v) is 4.96. The van der Waals surface area contributed by atoms with Crippen LogP contribution in [0.2, 0.25) is 0 Å². The quantitative estimate of drug-likeness (QED) is 0.518. The fourth-order valence-electron chi connectivity index (χ4n) is 3.90. The van der Waals surface area contributed by atoms with Crippen molar-refractivity contribution in [2.75, 3.05) is 7.05 Å². The molecule has 0 unspecified atom stereocenters. The van der Waals surface area contributed by atoms with Crippen LogP contribution in [0.5, 0.6) is 0 Å². The number of carbonyl (C=O) groups is 2. The number of aromatic nitrogens is 1. The van der Waals surface area contributed by atoms with Crippen molar-refractivity contribution in [3.8, 4) is 0 Å². The maximum atomic E-state index is 12.7. The SMILES string of the molecule is C[C@@H](c1nc2ccccc2s1)N(C)C(=O)CCC(=O)c1ccc2c(c1)CCCC2. The number of ketones is 1. The molecular weight excluding hydrogens is 380 g/mol. The summed E-state index contributed by atoms with van der Waals surface area (Å²) in [6, 6.07) is 13.9. The van der Waals surface area contributed by atoms with E-state index < -0.39 is 0 Å². The molecule has 4 rings (SSSR count). The number of Topliss-reactive ketones (excluding diaryl/α,β-unsaturated/α-hetero) is 1. The Morgan fingerprint density at radius 3 is 2.62 bits per heavy atom. The number of para-hydroxylation sites is 1. The first-order valence-corrected chi connectivity index (χ1v) is 11.1. The van der Waals surface area contributed by atoms with Crippen LogP contribution < -0.4 is 0 Å². The van der Waals surface area contributed by atoms with Gasteiger partial charge in [0.1, 0.15) is 5.01 Å². The predicted molar refractivity (Wildman–Crippen MR) is 117 cm³/mol. The number of hydrogen-bond acceptors (Lipinski definition) is 4. The molecule has 1 aliphatic rings. The number of thiazole rings is 1. The molecule has 29 heavy (non-hydrogen) atoms. The van der Waals surface area contributed by atoms with E-state index in [2.05, 4.69) is 11.1 Å². The lowest BCUT2D eigenvalue weighted by molar-refractivity contribution is -0.131. The zero-order valence-corrected chi connectivity index (χ0v) is 17.8. The summed E-state index contributed by atoms with van der Waals surface area (Å²) in [6.07, 6.45) is 5.05. The molecule has 0 spiro atoms. The molecule has 0 aliphatic heterocycles. The van der Waals surface area contributed by atoms with Crippen molar-refractivity contribution in [3.63, 3.8) is 0 Å². The standard InChI is InChI=1S/C24H26N2O2S/c1-16(24-25-20-9-5-6-10-22(20)29-24)26(2)23(28)14-13-21(27)19-12-11-17-7-3-4-8-18(17)15-19/h5-6,9-12,15-16H,3-4,7-8,13-14H2,1-2H3/t16-/m0/s1. The Labute approximate surface area is 175 Å². The molecule has 150 valence electrons. The molecule has 1 atom stereocenters. The van der Waals surface area contributed by atoms with Crippen LogP contribution in [0.4, 0.5) is 0 Å². The predicted octanol–water partition coefficient (Wildman–Crippen LogP) is 5.36. The van der Waals surface area contributed by atoms with Gasteiger partial charge in [0.2, 0.25) is 5.91 Å². The molecule has 1 heterocycles. The molecule has 0 saturated heterocycles. The molecule has 0 bridgehead atoms. The average molecular weight is 407 g/mol. The molecule has 0 saturated carbocycles. The van der Waals surface area contributed by atoms with Crippen molar-refractivity contribution in [2.45, 2.75) is 51.5 Å². The van der Waals surface area contributed by atoms with Crippen LogP contribution >= 0.6 is 11.3 Å². The molecule has 0 radical (unpaired) electrons. The monoisotopic (exact) mass is 406 g/mol. The van der Waals surface area contributed by atoms with E-state index in [1.54, 1.807) is 23.3 Å². The van der Waals surface area contributed by atoms with Gasteiger partial charge in [-0.25, -0.2) is 4.98 Å². The summed E-state index contributed by atoms with van der Waals surface area (Å²) in [6.45, 7) is 1.99. The highest BCUT2D eigenvalue weighted by molar-refractivity contribution is 7.18. The molecule has 0 fully saturated rings. The number of benzene rings is 2. The van der Waals surface area contributed by atoms with Crippen molar-refractivity contribution >= 4 is 33.2 Å². The van der Waals surface area contributed by atoms with Crippen molar-refractivity contribution in [3.05, 3.63) is 64.2 Å². The van der Waals surface area contributed by atoms with E-state index in [0.717, 1.165) is 33.6 Å². The normalized spacial score (nSPS) is 14.4. The van der Waals surface area contributed by atoms with Crippen LogP contribution in [0.3, 0.4) is 0 Å². The van der Waals surface area contributed by atoms with Gasteiger partial charge >= 0.3 is 0 Å². The first-order chi connectivity index (χ1) is 14.0. The van der Waals surface area contributed by atoms with Gasteiger partial charge in [0.25, 0.3) is 0 Å². The number of amides is 1. The molecule has 2 aromatic carbocycles. The first-order valence-electron chi connectivity index (χ1n) is 10.3. The molecule has 1 aromatic heterocycles. The van der Waals surface area contributed by atoms with Gasteiger partial charge in [-0.05, 0) is 61.9 Å². The van der Waals surface area contributed by atoms with Crippen molar-refractivity contribution in [2.24, 2.45) is 0 Å². The highest BCUT2D eigenvalue weighted by Crippen LogP contribution is 2.29. The third-order valence-corrected chi connectivity index (χ3v) is 7.09. The van der Waals surface area contributed by atoms with Gasteiger partial charge in [-0.3, -0.25) is 9.59 Å². The third kappa shape index (κ3) is 4.25. The molecular formula is C24H26N2O2S. The first kappa shape index (κ1) is 19.8. The molecule has 5 heteroatoms. The summed E-state index contributed by atoms with van der Waals surface area (Å²) in [5.41, 5.74) is 4.37. The second kappa shape index (κ2) is 8.46. The highest BCUT2D eigenvalue weighted by Gasteiger charge is 2.22. The van der Waals surface area contributed by atoms with Gasteiger partial charge in [0.15, 0.2) is 5.78 Å². The Morgan fingerprint density at radius 2 is 1.83 bits per heavy atom. The Balaban J connectivity index is 1.37. The number of rotatable bonds is 6. The second-order valence-corrected chi connectivity index (χ2v) is 8.88. The smallest absolute Gasteiger partial charge is 0.223 e. The number of nitrogens with zero attached hydrogens (tertiary/aromatic N) is 2. The van der Waals surface area contributed by atoms with Gasteiger partial charge in [0, 0.05) is 25.5 Å². The van der Waals surface area contributed by atoms with Gasteiger partial charge in [-0.2, -0.15) is 0 Å². The van der Waals surface area contributed by atoms with E-state index in [9.17, 15) is 9.59 Å². The number of hydrogen-bond donors (Lipinski definition) is 0. The third-order valence-electron chi connectivity index (χ3n) is 5.88. The molecule has 3 aromatic rings. The van der Waals surface area contributed by atoms with Crippen LogP contribution in [-0.4, -0.2) is 28.6 Å². The number of fused-ring (bicyclic) bond motifs is 2. The van der Waals surface area contributed by atoms with Crippen molar-refractivity contribution in [1.29, 1.82) is 0 Å². The lowest BCUT2D eigenvalue weighted by Crippen LogP contribution is -2.29. The molecule has 1 aliphatic carbocycles. The van der Waals surface area contributed by atoms with E-state index >= 15 is 0 Å². The Hall–Kier alpha value is -2.53. The fraction of sp³-hybridized carbons (Fsp3) is 0.375. The molecule has 4 nitrogen and oxygen atoms in total. The summed E-state index contributed by atoms with van der Waals surface area (Å²) in [5.74, 6) is 0.0239. The Kier molecular flexibility index (Phi) is 5.76.